The fraction of sp³-hybridized carbons (Fsp3) is 1.00. The van der Waals surface area contributed by atoms with E-state index in [1.54, 1.807) is 0 Å². The molecule has 2 aliphatic rings. The SMILES string of the molecule is O[C@@H]1COCO[C@@H]1[C@H]1OCOC[C@@H]1O. The van der Waals surface area contributed by atoms with Crippen LogP contribution in [0.15, 0.2) is 0 Å². The van der Waals surface area contributed by atoms with E-state index in [1.165, 1.54) is 0 Å². The molecule has 0 saturated carbocycles. The molecule has 6 heteroatoms. The molecule has 82 valence electrons. The highest BCUT2D eigenvalue weighted by Crippen LogP contribution is 2.19. The maximum atomic E-state index is 9.56. The third-order valence-corrected chi connectivity index (χ3v) is 2.35. The largest absolute Gasteiger partial charge is 0.388 e. The highest BCUT2D eigenvalue weighted by atomic mass is 16.7. The summed E-state index contributed by atoms with van der Waals surface area (Å²) in [6, 6.07) is 0. The van der Waals surface area contributed by atoms with Gasteiger partial charge in [-0.2, -0.15) is 0 Å². The van der Waals surface area contributed by atoms with Gasteiger partial charge in [-0.15, -0.1) is 0 Å². The van der Waals surface area contributed by atoms with Gasteiger partial charge in [0, 0.05) is 0 Å². The van der Waals surface area contributed by atoms with E-state index in [1.807, 2.05) is 0 Å². The first kappa shape index (κ1) is 10.3. The Labute approximate surface area is 81.3 Å². The average molecular weight is 206 g/mol. The van der Waals surface area contributed by atoms with Gasteiger partial charge in [-0.1, -0.05) is 0 Å². The van der Waals surface area contributed by atoms with Crippen molar-refractivity contribution in [2.75, 3.05) is 26.8 Å². The molecule has 0 aromatic carbocycles. The van der Waals surface area contributed by atoms with Gasteiger partial charge in [0.15, 0.2) is 0 Å². The van der Waals surface area contributed by atoms with Crippen LogP contribution in [-0.4, -0.2) is 61.4 Å². The summed E-state index contributed by atoms with van der Waals surface area (Å²) >= 11 is 0. The van der Waals surface area contributed by atoms with Crippen LogP contribution in [0.25, 0.3) is 0 Å². The molecule has 2 aliphatic heterocycles. The van der Waals surface area contributed by atoms with Crippen molar-refractivity contribution in [1.82, 2.24) is 0 Å². The van der Waals surface area contributed by atoms with Gasteiger partial charge >= 0.3 is 0 Å². The van der Waals surface area contributed by atoms with Gasteiger partial charge in [-0.25, -0.2) is 0 Å². The molecule has 2 N–H and O–H groups in total. The maximum absolute atomic E-state index is 9.56. The van der Waals surface area contributed by atoms with Crippen molar-refractivity contribution >= 4 is 0 Å². The molecule has 2 saturated heterocycles. The highest BCUT2D eigenvalue weighted by molar-refractivity contribution is 4.85. The number of hydrogen-bond acceptors (Lipinski definition) is 6. The van der Waals surface area contributed by atoms with Crippen molar-refractivity contribution in [2.24, 2.45) is 0 Å². The highest BCUT2D eigenvalue weighted by Gasteiger charge is 2.39. The lowest BCUT2D eigenvalue weighted by molar-refractivity contribution is -0.277. The predicted octanol–water partition coefficient (Wildman–Crippen LogP) is -1.55. The second-order valence-corrected chi connectivity index (χ2v) is 3.37. The zero-order valence-corrected chi connectivity index (χ0v) is 7.67. The fourth-order valence-electron chi connectivity index (χ4n) is 1.63. The first-order valence-corrected chi connectivity index (χ1v) is 4.54. The molecule has 2 heterocycles. The monoisotopic (exact) mass is 206 g/mol. The number of aliphatic hydroxyl groups is 2. The molecular formula is C8H14O6. The topological polar surface area (TPSA) is 77.4 Å². The number of rotatable bonds is 1. The Morgan fingerprint density at radius 3 is 1.57 bits per heavy atom. The van der Waals surface area contributed by atoms with Crippen molar-refractivity contribution in [3.8, 4) is 0 Å². The Morgan fingerprint density at radius 1 is 0.786 bits per heavy atom. The van der Waals surface area contributed by atoms with Gasteiger partial charge in [0.05, 0.1) is 13.2 Å². The molecule has 0 aromatic heterocycles. The van der Waals surface area contributed by atoms with Crippen LogP contribution in [-0.2, 0) is 18.9 Å². The zero-order chi connectivity index (χ0) is 9.97. The lowest BCUT2D eigenvalue weighted by atomic mass is 10.0. The van der Waals surface area contributed by atoms with Crippen molar-refractivity contribution in [2.45, 2.75) is 24.4 Å². The first-order valence-electron chi connectivity index (χ1n) is 4.54. The number of ether oxygens (including phenoxy) is 4. The minimum absolute atomic E-state index is 0.120. The van der Waals surface area contributed by atoms with Gasteiger partial charge in [-0.05, 0) is 0 Å². The molecule has 0 amide bonds. The molecule has 0 radical (unpaired) electrons. The molecule has 2 fully saturated rings. The summed E-state index contributed by atoms with van der Waals surface area (Å²) in [5, 5.41) is 19.1. The third kappa shape index (κ3) is 2.05. The summed E-state index contributed by atoms with van der Waals surface area (Å²) < 4.78 is 20.2. The molecule has 4 atom stereocenters. The lowest BCUT2D eigenvalue weighted by Gasteiger charge is -2.38. The summed E-state index contributed by atoms with van der Waals surface area (Å²) in [6.45, 7) is 0.653. The van der Waals surface area contributed by atoms with Crippen molar-refractivity contribution in [3.63, 3.8) is 0 Å². The van der Waals surface area contributed by atoms with Crippen molar-refractivity contribution in [1.29, 1.82) is 0 Å². The van der Waals surface area contributed by atoms with E-state index in [-0.39, 0.29) is 26.8 Å². The van der Waals surface area contributed by atoms with Crippen LogP contribution in [0.2, 0.25) is 0 Å². The Kier molecular flexibility index (Phi) is 3.32. The van der Waals surface area contributed by atoms with Crippen LogP contribution in [0, 0.1) is 0 Å². The second kappa shape index (κ2) is 4.52. The molecule has 2 rings (SSSR count). The van der Waals surface area contributed by atoms with Gasteiger partial charge < -0.3 is 29.2 Å². The molecule has 6 nitrogen and oxygen atoms in total. The van der Waals surface area contributed by atoms with Crippen LogP contribution in [0.1, 0.15) is 0 Å². The zero-order valence-electron chi connectivity index (χ0n) is 7.67. The van der Waals surface area contributed by atoms with Gasteiger partial charge in [0.25, 0.3) is 0 Å². The Balaban J connectivity index is 1.96. The fourth-order valence-corrected chi connectivity index (χ4v) is 1.63. The van der Waals surface area contributed by atoms with E-state index < -0.39 is 24.4 Å². The summed E-state index contributed by atoms with van der Waals surface area (Å²) in [5.41, 5.74) is 0. The van der Waals surface area contributed by atoms with Crippen LogP contribution in [0.4, 0.5) is 0 Å². The minimum Gasteiger partial charge on any atom is -0.388 e. The number of aliphatic hydroxyl groups excluding tert-OH is 2. The molecule has 0 unspecified atom stereocenters. The Bertz CT molecular complexity index is 167. The second-order valence-electron chi connectivity index (χ2n) is 3.37. The number of hydrogen-bond donors (Lipinski definition) is 2. The van der Waals surface area contributed by atoms with Gasteiger partial charge in [0.2, 0.25) is 0 Å². The predicted molar refractivity (Wildman–Crippen MR) is 43.4 cm³/mol. The normalized spacial score (nSPS) is 45.0. The first-order chi connectivity index (χ1) is 6.79. The van der Waals surface area contributed by atoms with E-state index in [4.69, 9.17) is 18.9 Å². The molecule has 0 aliphatic carbocycles. The van der Waals surface area contributed by atoms with Crippen molar-refractivity contribution < 1.29 is 29.2 Å². The van der Waals surface area contributed by atoms with E-state index in [0.717, 1.165) is 0 Å². The van der Waals surface area contributed by atoms with Gasteiger partial charge in [-0.3, -0.25) is 0 Å². The van der Waals surface area contributed by atoms with E-state index in [0.29, 0.717) is 0 Å². The summed E-state index contributed by atoms with van der Waals surface area (Å²) in [6.07, 6.45) is -2.60. The van der Waals surface area contributed by atoms with Crippen molar-refractivity contribution in [3.05, 3.63) is 0 Å². The van der Waals surface area contributed by atoms with Crippen LogP contribution in [0.5, 0.6) is 0 Å². The lowest BCUT2D eigenvalue weighted by Crippen LogP contribution is -2.55. The van der Waals surface area contributed by atoms with Crippen LogP contribution in [0.3, 0.4) is 0 Å². The molecule has 0 spiro atoms. The van der Waals surface area contributed by atoms with E-state index in [2.05, 4.69) is 0 Å². The summed E-state index contributed by atoms with van der Waals surface area (Å²) in [7, 11) is 0. The average Bonchev–Trinajstić information content (AvgIpc) is 2.20. The summed E-state index contributed by atoms with van der Waals surface area (Å²) in [4.78, 5) is 0. The molecular weight excluding hydrogens is 192 g/mol. The van der Waals surface area contributed by atoms with Gasteiger partial charge in [0.1, 0.15) is 38.0 Å². The van der Waals surface area contributed by atoms with Crippen LogP contribution >= 0.6 is 0 Å². The smallest absolute Gasteiger partial charge is 0.147 e. The van der Waals surface area contributed by atoms with E-state index >= 15 is 0 Å². The quantitative estimate of drug-likeness (QED) is 0.541. The molecule has 14 heavy (non-hydrogen) atoms. The summed E-state index contributed by atoms with van der Waals surface area (Å²) in [5.74, 6) is 0. The third-order valence-electron chi connectivity index (χ3n) is 2.35. The Morgan fingerprint density at radius 2 is 1.21 bits per heavy atom. The molecule has 0 bridgehead atoms. The Hall–Kier alpha value is -0.240. The van der Waals surface area contributed by atoms with E-state index in [9.17, 15) is 10.2 Å². The minimum atomic E-state index is -0.762. The maximum Gasteiger partial charge on any atom is 0.147 e. The molecule has 0 aromatic rings. The standard InChI is InChI=1S/C8H14O6/c9-5-1-11-3-13-7(5)8-6(10)2-12-4-14-8/h5-10H,1-4H2/t5-,6+,7-,8-/m0/s1. The van der Waals surface area contributed by atoms with Crippen LogP contribution < -0.4 is 0 Å².